The summed E-state index contributed by atoms with van der Waals surface area (Å²) in [6, 6.07) is 7.98. The van der Waals surface area contributed by atoms with Gasteiger partial charge in [-0.2, -0.15) is 0 Å². The van der Waals surface area contributed by atoms with Gasteiger partial charge in [0.15, 0.2) is 0 Å². The van der Waals surface area contributed by atoms with Crippen molar-refractivity contribution >= 4 is 44.0 Å². The van der Waals surface area contributed by atoms with Crippen LogP contribution in [-0.4, -0.2) is 10.8 Å². The molecular formula is C13H7BrFNOS. The Balaban J connectivity index is 2.12. The van der Waals surface area contributed by atoms with Crippen molar-refractivity contribution in [2.24, 2.45) is 0 Å². The molecule has 0 saturated heterocycles. The highest BCUT2D eigenvalue weighted by Gasteiger charge is 2.16. The van der Waals surface area contributed by atoms with Gasteiger partial charge in [0.1, 0.15) is 5.82 Å². The molecule has 5 heteroatoms. The van der Waals surface area contributed by atoms with Gasteiger partial charge in [-0.25, -0.2) is 4.39 Å². The second-order valence-corrected chi connectivity index (χ2v) is 6.29. The van der Waals surface area contributed by atoms with Gasteiger partial charge in [0, 0.05) is 22.7 Å². The van der Waals surface area contributed by atoms with Gasteiger partial charge in [0.2, 0.25) is 5.78 Å². The number of benzene rings is 1. The number of rotatable bonds is 2. The van der Waals surface area contributed by atoms with Gasteiger partial charge in [-0.3, -0.25) is 4.79 Å². The van der Waals surface area contributed by atoms with Crippen molar-refractivity contribution < 1.29 is 9.18 Å². The molecule has 2 aromatic heterocycles. The third-order valence-corrected chi connectivity index (χ3v) is 4.31. The minimum absolute atomic E-state index is 0.0523. The number of halogens is 2. The van der Waals surface area contributed by atoms with Gasteiger partial charge in [0.25, 0.3) is 0 Å². The van der Waals surface area contributed by atoms with Crippen LogP contribution in [0.4, 0.5) is 4.39 Å². The van der Waals surface area contributed by atoms with Crippen LogP contribution in [0.3, 0.4) is 0 Å². The van der Waals surface area contributed by atoms with Crippen LogP contribution < -0.4 is 0 Å². The number of carbonyl (C=O) groups excluding carboxylic acids is 1. The van der Waals surface area contributed by atoms with Crippen LogP contribution in [-0.2, 0) is 0 Å². The van der Waals surface area contributed by atoms with Gasteiger partial charge in [-0.1, -0.05) is 0 Å². The van der Waals surface area contributed by atoms with E-state index in [-0.39, 0.29) is 11.6 Å². The summed E-state index contributed by atoms with van der Waals surface area (Å²) < 4.78 is 14.0. The highest BCUT2D eigenvalue weighted by molar-refractivity contribution is 9.11. The fourth-order valence-electron chi connectivity index (χ4n) is 1.86. The molecule has 0 fully saturated rings. The van der Waals surface area contributed by atoms with E-state index in [0.29, 0.717) is 16.0 Å². The number of ketones is 1. The first-order chi connectivity index (χ1) is 8.65. The number of hydrogen-bond donors (Lipinski definition) is 1. The molecule has 1 N–H and O–H groups in total. The Kier molecular flexibility index (Phi) is 2.80. The molecule has 90 valence electrons. The molecule has 2 nitrogen and oxygen atoms in total. The lowest BCUT2D eigenvalue weighted by atomic mass is 10.1. The lowest BCUT2D eigenvalue weighted by Gasteiger charge is -1.96. The molecule has 18 heavy (non-hydrogen) atoms. The Morgan fingerprint density at radius 2 is 2.11 bits per heavy atom. The summed E-state index contributed by atoms with van der Waals surface area (Å²) in [5.74, 6) is -0.370. The maximum atomic E-state index is 13.1. The molecule has 0 aliphatic heterocycles. The summed E-state index contributed by atoms with van der Waals surface area (Å²) in [6.45, 7) is 0. The average molecular weight is 324 g/mol. The zero-order valence-electron chi connectivity index (χ0n) is 9.04. The fourth-order valence-corrected chi connectivity index (χ4v) is 3.20. The van der Waals surface area contributed by atoms with Gasteiger partial charge >= 0.3 is 0 Å². The number of fused-ring (bicyclic) bond motifs is 1. The number of aromatic nitrogens is 1. The molecule has 2 heterocycles. The second-order valence-electron chi connectivity index (χ2n) is 3.83. The van der Waals surface area contributed by atoms with E-state index in [2.05, 4.69) is 20.9 Å². The topological polar surface area (TPSA) is 32.9 Å². The van der Waals surface area contributed by atoms with Crippen LogP contribution in [0.15, 0.2) is 40.3 Å². The van der Waals surface area contributed by atoms with Crippen molar-refractivity contribution in [3.05, 3.63) is 56.6 Å². The zero-order chi connectivity index (χ0) is 12.7. The fraction of sp³-hybridized carbons (Fsp3) is 0. The normalized spacial score (nSPS) is 11.0. The molecule has 0 saturated carbocycles. The minimum atomic E-state index is -0.317. The summed E-state index contributed by atoms with van der Waals surface area (Å²) in [7, 11) is 0. The van der Waals surface area contributed by atoms with Gasteiger partial charge < -0.3 is 4.98 Å². The van der Waals surface area contributed by atoms with Crippen LogP contribution in [0, 0.1) is 5.82 Å². The van der Waals surface area contributed by atoms with Crippen LogP contribution >= 0.6 is 27.3 Å². The highest BCUT2D eigenvalue weighted by atomic mass is 79.9. The molecule has 0 atom stereocenters. The van der Waals surface area contributed by atoms with E-state index in [4.69, 9.17) is 0 Å². The van der Waals surface area contributed by atoms with Crippen LogP contribution in [0.1, 0.15) is 15.2 Å². The molecule has 0 aliphatic carbocycles. The van der Waals surface area contributed by atoms with E-state index in [1.54, 1.807) is 18.3 Å². The van der Waals surface area contributed by atoms with E-state index in [1.807, 2.05) is 6.07 Å². The second kappa shape index (κ2) is 4.33. The van der Waals surface area contributed by atoms with Gasteiger partial charge in [-0.15, -0.1) is 11.3 Å². The Hall–Kier alpha value is -1.46. The minimum Gasteiger partial charge on any atom is -0.360 e. The maximum Gasteiger partial charge on any atom is 0.205 e. The maximum absolute atomic E-state index is 13.1. The van der Waals surface area contributed by atoms with Crippen molar-refractivity contribution in [2.45, 2.75) is 0 Å². The molecule has 0 aliphatic rings. The molecule has 0 unspecified atom stereocenters. The van der Waals surface area contributed by atoms with Crippen LogP contribution in [0.25, 0.3) is 10.9 Å². The Bertz CT molecular complexity index is 746. The molecule has 1 aromatic carbocycles. The highest BCUT2D eigenvalue weighted by Crippen LogP contribution is 2.27. The van der Waals surface area contributed by atoms with Gasteiger partial charge in [0.05, 0.1) is 8.66 Å². The number of hydrogen-bond acceptors (Lipinski definition) is 2. The molecule has 0 bridgehead atoms. The Morgan fingerprint density at radius 3 is 2.83 bits per heavy atom. The smallest absolute Gasteiger partial charge is 0.205 e. The van der Waals surface area contributed by atoms with E-state index >= 15 is 0 Å². The van der Waals surface area contributed by atoms with Gasteiger partial charge in [-0.05, 0) is 46.3 Å². The first kappa shape index (κ1) is 11.6. The third-order valence-electron chi connectivity index (χ3n) is 2.69. The largest absolute Gasteiger partial charge is 0.360 e. The monoisotopic (exact) mass is 323 g/mol. The van der Waals surface area contributed by atoms with E-state index in [9.17, 15) is 9.18 Å². The average Bonchev–Trinajstić information content (AvgIpc) is 2.94. The van der Waals surface area contributed by atoms with Crippen molar-refractivity contribution in [1.29, 1.82) is 0 Å². The number of carbonyl (C=O) groups is 1. The predicted molar refractivity (Wildman–Crippen MR) is 73.7 cm³/mol. The van der Waals surface area contributed by atoms with Crippen molar-refractivity contribution in [3.63, 3.8) is 0 Å². The lowest BCUT2D eigenvalue weighted by Crippen LogP contribution is -1.96. The summed E-state index contributed by atoms with van der Waals surface area (Å²) in [6.07, 6.45) is 1.63. The summed E-state index contributed by atoms with van der Waals surface area (Å²) in [5, 5.41) is 0.742. The molecule has 3 rings (SSSR count). The summed E-state index contributed by atoms with van der Waals surface area (Å²) in [4.78, 5) is 15.9. The standard InChI is InChI=1S/C13H7BrFNOS/c14-12-4-3-11(18-12)13(17)9-6-16-10-5-7(15)1-2-8(9)10/h1-6,16H. The number of H-pyrrole nitrogens is 1. The molecular weight excluding hydrogens is 317 g/mol. The third kappa shape index (κ3) is 1.89. The van der Waals surface area contributed by atoms with Crippen molar-refractivity contribution in [1.82, 2.24) is 4.98 Å². The van der Waals surface area contributed by atoms with E-state index in [1.165, 1.54) is 23.5 Å². The Labute approximate surface area is 115 Å². The van der Waals surface area contributed by atoms with Crippen LogP contribution in [0.5, 0.6) is 0 Å². The number of thiophene rings is 1. The number of nitrogens with one attached hydrogen (secondary N) is 1. The molecule has 0 spiro atoms. The molecule has 3 aromatic rings. The predicted octanol–water partition coefficient (Wildman–Crippen LogP) is 4.36. The van der Waals surface area contributed by atoms with E-state index in [0.717, 1.165) is 9.17 Å². The van der Waals surface area contributed by atoms with Crippen molar-refractivity contribution in [2.75, 3.05) is 0 Å². The SMILES string of the molecule is O=C(c1ccc(Br)s1)c1c[nH]c2cc(F)ccc12. The lowest BCUT2D eigenvalue weighted by molar-refractivity contribution is 0.104. The zero-order valence-corrected chi connectivity index (χ0v) is 11.4. The molecule has 0 radical (unpaired) electrons. The first-order valence-corrected chi connectivity index (χ1v) is 6.83. The van der Waals surface area contributed by atoms with E-state index < -0.39 is 0 Å². The summed E-state index contributed by atoms with van der Waals surface area (Å²) >= 11 is 4.72. The Morgan fingerprint density at radius 1 is 1.28 bits per heavy atom. The summed E-state index contributed by atoms with van der Waals surface area (Å²) in [5.41, 5.74) is 1.20. The quantitative estimate of drug-likeness (QED) is 0.698. The molecule has 0 amide bonds. The number of aromatic amines is 1. The van der Waals surface area contributed by atoms with Crippen LogP contribution in [0.2, 0.25) is 0 Å². The first-order valence-electron chi connectivity index (χ1n) is 5.22. The van der Waals surface area contributed by atoms with Crippen molar-refractivity contribution in [3.8, 4) is 0 Å².